The molecule has 25 heavy (non-hydrogen) atoms. The zero-order valence-corrected chi connectivity index (χ0v) is 13.9. The van der Waals surface area contributed by atoms with Crippen molar-refractivity contribution in [3.63, 3.8) is 0 Å². The number of nitrogens with one attached hydrogen (secondary N) is 2. The predicted octanol–water partition coefficient (Wildman–Crippen LogP) is 2.73. The van der Waals surface area contributed by atoms with Gasteiger partial charge in [-0.25, -0.2) is 0 Å². The lowest BCUT2D eigenvalue weighted by atomic mass is 10.1. The lowest BCUT2D eigenvalue weighted by molar-refractivity contribution is -0.137. The maximum Gasteiger partial charge on any atom is 0.416 e. The number of carbonyl (C=O) groups is 2. The molecule has 0 saturated carbocycles. The molecule has 9 heteroatoms. The summed E-state index contributed by atoms with van der Waals surface area (Å²) in [6.07, 6.45) is -4.55. The van der Waals surface area contributed by atoms with Gasteiger partial charge in [-0.1, -0.05) is 12.1 Å². The molecule has 0 radical (unpaired) electrons. The molecule has 1 unspecified atom stereocenters. The molecule has 2 amide bonds. The number of amides is 2. The molecule has 3 N–H and O–H groups in total. The van der Waals surface area contributed by atoms with E-state index in [0.29, 0.717) is 4.88 Å². The summed E-state index contributed by atoms with van der Waals surface area (Å²) in [4.78, 5) is 24.2. The molecule has 0 fully saturated rings. The van der Waals surface area contributed by atoms with Crippen molar-refractivity contribution in [2.24, 2.45) is 0 Å². The topological polar surface area (TPSA) is 78.4 Å². The van der Waals surface area contributed by atoms with E-state index < -0.39 is 29.2 Å². The minimum absolute atomic E-state index is 0.153. The molecule has 5 nitrogen and oxygen atoms in total. The van der Waals surface area contributed by atoms with E-state index in [4.69, 9.17) is 0 Å². The van der Waals surface area contributed by atoms with Crippen LogP contribution >= 0.6 is 11.3 Å². The summed E-state index contributed by atoms with van der Waals surface area (Å²) >= 11 is 1.29. The van der Waals surface area contributed by atoms with Crippen LogP contribution < -0.4 is 10.6 Å². The molecule has 0 spiro atoms. The van der Waals surface area contributed by atoms with E-state index in [1.165, 1.54) is 24.3 Å². The van der Waals surface area contributed by atoms with E-state index >= 15 is 0 Å². The minimum Gasteiger partial charge on any atom is -0.383 e. The molecule has 134 valence electrons. The van der Waals surface area contributed by atoms with Crippen LogP contribution in [-0.2, 0) is 21.4 Å². The fraction of sp³-hybridized carbons (Fsp3) is 0.250. The van der Waals surface area contributed by atoms with E-state index in [-0.39, 0.29) is 12.2 Å². The third kappa shape index (κ3) is 5.04. The van der Waals surface area contributed by atoms with E-state index in [2.05, 4.69) is 10.6 Å². The summed E-state index contributed by atoms with van der Waals surface area (Å²) in [5.74, 6) is -2.18. The van der Waals surface area contributed by atoms with Gasteiger partial charge in [-0.3, -0.25) is 9.59 Å². The monoisotopic (exact) mass is 372 g/mol. The molecule has 2 rings (SSSR count). The first-order chi connectivity index (χ1) is 11.6. The Kier molecular flexibility index (Phi) is 5.48. The van der Waals surface area contributed by atoms with Gasteiger partial charge in [0.1, 0.15) is 5.60 Å². The van der Waals surface area contributed by atoms with Crippen molar-refractivity contribution in [1.82, 2.24) is 5.32 Å². The third-order valence-corrected chi connectivity index (χ3v) is 4.42. The average Bonchev–Trinajstić information content (AvgIpc) is 3.07. The van der Waals surface area contributed by atoms with Crippen LogP contribution in [0.4, 0.5) is 18.9 Å². The normalized spacial score (nSPS) is 13.8. The molecule has 1 aromatic carbocycles. The highest BCUT2D eigenvalue weighted by Gasteiger charge is 2.31. The van der Waals surface area contributed by atoms with Gasteiger partial charge in [0.05, 0.1) is 12.1 Å². The van der Waals surface area contributed by atoms with Gasteiger partial charge < -0.3 is 15.7 Å². The minimum atomic E-state index is -4.55. The summed E-state index contributed by atoms with van der Waals surface area (Å²) in [6, 6.07) is 7.36. The zero-order chi connectivity index (χ0) is 18.7. The molecule has 1 heterocycles. The average molecular weight is 372 g/mol. The molecule has 1 atom stereocenters. The molecule has 0 aliphatic carbocycles. The Morgan fingerprint density at radius 1 is 1.16 bits per heavy atom. The van der Waals surface area contributed by atoms with Gasteiger partial charge in [0.25, 0.3) is 0 Å². The first-order valence-electron chi connectivity index (χ1n) is 7.12. The van der Waals surface area contributed by atoms with Crippen LogP contribution in [0.1, 0.15) is 17.4 Å². The van der Waals surface area contributed by atoms with Crippen LogP contribution in [0.2, 0.25) is 0 Å². The third-order valence-electron chi connectivity index (χ3n) is 3.30. The Bertz CT molecular complexity index is 758. The van der Waals surface area contributed by atoms with Gasteiger partial charge in [0.2, 0.25) is 0 Å². The van der Waals surface area contributed by atoms with Gasteiger partial charge in [-0.05, 0) is 36.6 Å². The Hall–Kier alpha value is -2.39. The van der Waals surface area contributed by atoms with Crippen LogP contribution in [0.25, 0.3) is 0 Å². The maximum absolute atomic E-state index is 12.6. The molecule has 2 aromatic rings. The van der Waals surface area contributed by atoms with Gasteiger partial charge in [0.15, 0.2) is 0 Å². The van der Waals surface area contributed by atoms with E-state index in [0.717, 1.165) is 18.2 Å². The largest absolute Gasteiger partial charge is 0.416 e. The lowest BCUT2D eigenvalue weighted by Crippen LogP contribution is -2.43. The number of aliphatic hydroxyl groups is 1. The van der Waals surface area contributed by atoms with Crippen molar-refractivity contribution < 1.29 is 27.9 Å². The van der Waals surface area contributed by atoms with Crippen LogP contribution in [-0.4, -0.2) is 23.5 Å². The number of benzene rings is 1. The second kappa shape index (κ2) is 7.24. The van der Waals surface area contributed by atoms with Crippen molar-refractivity contribution in [2.75, 3.05) is 11.9 Å². The highest BCUT2D eigenvalue weighted by atomic mass is 32.1. The number of carbonyl (C=O) groups excluding carboxylic acids is 2. The van der Waals surface area contributed by atoms with Crippen LogP contribution in [0, 0.1) is 0 Å². The number of anilines is 1. The van der Waals surface area contributed by atoms with E-state index in [1.54, 1.807) is 17.5 Å². The molecule has 0 aliphatic heterocycles. The number of alkyl halides is 3. The van der Waals surface area contributed by atoms with Gasteiger partial charge in [-0.2, -0.15) is 13.2 Å². The first kappa shape index (κ1) is 18.9. The van der Waals surface area contributed by atoms with Crippen molar-refractivity contribution in [3.05, 3.63) is 52.2 Å². The van der Waals surface area contributed by atoms with Crippen LogP contribution in [0.5, 0.6) is 0 Å². The highest BCUT2D eigenvalue weighted by molar-refractivity contribution is 7.10. The lowest BCUT2D eigenvalue weighted by Gasteiger charge is -2.22. The maximum atomic E-state index is 12.6. The molecular weight excluding hydrogens is 357 g/mol. The second-order valence-electron chi connectivity index (χ2n) is 5.47. The summed E-state index contributed by atoms with van der Waals surface area (Å²) in [5, 5.41) is 16.4. The van der Waals surface area contributed by atoms with Crippen molar-refractivity contribution in [3.8, 4) is 0 Å². The van der Waals surface area contributed by atoms with Gasteiger partial charge >= 0.3 is 18.0 Å². The zero-order valence-electron chi connectivity index (χ0n) is 13.1. The van der Waals surface area contributed by atoms with Crippen molar-refractivity contribution >= 4 is 28.8 Å². The van der Waals surface area contributed by atoms with Gasteiger partial charge in [0, 0.05) is 10.6 Å². The number of rotatable bonds is 4. The predicted molar refractivity (Wildman–Crippen MR) is 87.0 cm³/mol. The Balaban J connectivity index is 1.96. The van der Waals surface area contributed by atoms with Crippen LogP contribution in [0.15, 0.2) is 41.8 Å². The standard InChI is InChI=1S/C16H15F3N2O3S/c1-15(24,12-6-3-7-25-12)9-20-13(22)14(23)21-11-5-2-4-10(8-11)16(17,18)19/h2-8,24H,9H2,1H3,(H,20,22)(H,21,23). The van der Waals surface area contributed by atoms with E-state index in [9.17, 15) is 27.9 Å². The van der Waals surface area contributed by atoms with Crippen molar-refractivity contribution in [2.45, 2.75) is 18.7 Å². The Morgan fingerprint density at radius 2 is 1.88 bits per heavy atom. The Labute approximate surface area is 145 Å². The fourth-order valence-electron chi connectivity index (χ4n) is 1.97. The first-order valence-corrected chi connectivity index (χ1v) is 8.00. The molecule has 0 saturated heterocycles. The smallest absolute Gasteiger partial charge is 0.383 e. The highest BCUT2D eigenvalue weighted by Crippen LogP contribution is 2.30. The van der Waals surface area contributed by atoms with Crippen LogP contribution in [0.3, 0.4) is 0 Å². The van der Waals surface area contributed by atoms with Crippen molar-refractivity contribution in [1.29, 1.82) is 0 Å². The summed E-state index contributed by atoms with van der Waals surface area (Å²) in [7, 11) is 0. The number of hydrogen-bond acceptors (Lipinski definition) is 4. The SMILES string of the molecule is CC(O)(CNC(=O)C(=O)Nc1cccc(C(F)(F)F)c1)c1cccs1. The summed E-state index contributed by atoms with van der Waals surface area (Å²) < 4.78 is 37.9. The molecule has 0 aliphatic rings. The quantitative estimate of drug-likeness (QED) is 0.722. The second-order valence-corrected chi connectivity index (χ2v) is 6.41. The molecular formula is C16H15F3N2O3S. The molecule has 1 aromatic heterocycles. The molecule has 0 bridgehead atoms. The summed E-state index contributed by atoms with van der Waals surface area (Å²) in [6.45, 7) is 1.26. The number of hydrogen-bond donors (Lipinski definition) is 3. The number of thiophene rings is 1. The fourth-order valence-corrected chi connectivity index (χ4v) is 2.75. The number of halogens is 3. The summed E-state index contributed by atoms with van der Waals surface area (Å²) in [5.41, 5.74) is -2.45. The van der Waals surface area contributed by atoms with E-state index in [1.807, 2.05) is 0 Å². The van der Waals surface area contributed by atoms with Gasteiger partial charge in [-0.15, -0.1) is 11.3 Å². The Morgan fingerprint density at radius 3 is 2.48 bits per heavy atom.